The van der Waals surface area contributed by atoms with Crippen LogP contribution in [0.3, 0.4) is 0 Å². The summed E-state index contributed by atoms with van der Waals surface area (Å²) >= 11 is 0. The van der Waals surface area contributed by atoms with Crippen molar-refractivity contribution >= 4 is 5.97 Å². The maximum Gasteiger partial charge on any atom is 0.320 e. The Balaban J connectivity index is 2.38. The molecule has 100 valence electrons. The Labute approximate surface area is 104 Å². The molecule has 0 aromatic rings. The lowest BCUT2D eigenvalue weighted by Gasteiger charge is -2.38. The maximum absolute atomic E-state index is 11.0. The molecule has 1 aliphatic heterocycles. The van der Waals surface area contributed by atoms with Gasteiger partial charge in [0.05, 0.1) is 0 Å². The highest BCUT2D eigenvalue weighted by molar-refractivity contribution is 5.73. The highest BCUT2D eigenvalue weighted by Gasteiger charge is 2.24. The van der Waals surface area contributed by atoms with Gasteiger partial charge in [-0.2, -0.15) is 0 Å². The summed E-state index contributed by atoms with van der Waals surface area (Å²) in [5.74, 6) is -0.737. The summed E-state index contributed by atoms with van der Waals surface area (Å²) in [5, 5.41) is 12.2. The number of piperazine rings is 1. The molecule has 2 unspecified atom stereocenters. The zero-order chi connectivity index (χ0) is 12.8. The van der Waals surface area contributed by atoms with Gasteiger partial charge in [-0.1, -0.05) is 13.3 Å². The van der Waals surface area contributed by atoms with Gasteiger partial charge in [0.25, 0.3) is 0 Å². The second kappa shape index (κ2) is 6.93. The fraction of sp³-hybridized carbons (Fsp3) is 0.917. The fourth-order valence-electron chi connectivity index (χ4n) is 2.20. The van der Waals surface area contributed by atoms with Gasteiger partial charge in [-0.05, 0) is 20.5 Å². The van der Waals surface area contributed by atoms with Crippen molar-refractivity contribution in [3.05, 3.63) is 0 Å². The first kappa shape index (κ1) is 14.4. The smallest absolute Gasteiger partial charge is 0.320 e. The standard InChI is InChI=1S/C12H25N3O2/c1-4-5-11(12(16)17)13-8-10-9-14(2)6-7-15(10)3/h10-11,13H,4-9H2,1-3H3,(H,16,17). The number of rotatable bonds is 6. The van der Waals surface area contributed by atoms with Gasteiger partial charge in [0.1, 0.15) is 6.04 Å². The molecule has 1 aliphatic rings. The quantitative estimate of drug-likeness (QED) is 0.692. The topological polar surface area (TPSA) is 55.8 Å². The molecule has 1 heterocycles. The van der Waals surface area contributed by atoms with Crippen molar-refractivity contribution in [2.75, 3.05) is 40.3 Å². The summed E-state index contributed by atoms with van der Waals surface area (Å²) in [4.78, 5) is 15.6. The van der Waals surface area contributed by atoms with Gasteiger partial charge >= 0.3 is 5.97 Å². The number of carboxylic acid groups (broad SMARTS) is 1. The molecule has 1 fully saturated rings. The summed E-state index contributed by atoms with van der Waals surface area (Å²) in [6.45, 7) is 5.90. The number of hydrogen-bond acceptors (Lipinski definition) is 4. The van der Waals surface area contributed by atoms with Gasteiger partial charge in [0.2, 0.25) is 0 Å². The Morgan fingerprint density at radius 3 is 2.76 bits per heavy atom. The first-order valence-corrected chi connectivity index (χ1v) is 6.39. The van der Waals surface area contributed by atoms with E-state index in [2.05, 4.69) is 29.2 Å². The highest BCUT2D eigenvalue weighted by Crippen LogP contribution is 2.06. The van der Waals surface area contributed by atoms with Gasteiger partial charge in [0.15, 0.2) is 0 Å². The van der Waals surface area contributed by atoms with E-state index in [1.807, 2.05) is 6.92 Å². The van der Waals surface area contributed by atoms with Crippen LogP contribution < -0.4 is 5.32 Å². The van der Waals surface area contributed by atoms with Crippen molar-refractivity contribution in [1.82, 2.24) is 15.1 Å². The van der Waals surface area contributed by atoms with Crippen molar-refractivity contribution in [2.45, 2.75) is 31.8 Å². The van der Waals surface area contributed by atoms with E-state index < -0.39 is 12.0 Å². The Bertz CT molecular complexity index is 248. The van der Waals surface area contributed by atoms with Crippen LogP contribution in [0.5, 0.6) is 0 Å². The lowest BCUT2D eigenvalue weighted by atomic mass is 10.1. The molecule has 0 spiro atoms. The molecule has 0 bridgehead atoms. The van der Waals surface area contributed by atoms with Crippen LogP contribution in [-0.2, 0) is 4.79 Å². The average Bonchev–Trinajstić information content (AvgIpc) is 2.28. The van der Waals surface area contributed by atoms with Gasteiger partial charge in [-0.3, -0.25) is 9.69 Å². The van der Waals surface area contributed by atoms with Gasteiger partial charge < -0.3 is 15.3 Å². The van der Waals surface area contributed by atoms with Crippen LogP contribution in [-0.4, -0.2) is 73.2 Å². The zero-order valence-electron chi connectivity index (χ0n) is 11.1. The van der Waals surface area contributed by atoms with Crippen LogP contribution >= 0.6 is 0 Å². The van der Waals surface area contributed by atoms with E-state index in [9.17, 15) is 4.79 Å². The molecule has 0 amide bonds. The third-order valence-corrected chi connectivity index (χ3v) is 3.46. The number of carboxylic acids is 1. The monoisotopic (exact) mass is 243 g/mol. The second-order valence-corrected chi connectivity index (χ2v) is 4.98. The van der Waals surface area contributed by atoms with Gasteiger partial charge in [0, 0.05) is 32.2 Å². The molecule has 17 heavy (non-hydrogen) atoms. The van der Waals surface area contributed by atoms with Crippen molar-refractivity contribution in [3.8, 4) is 0 Å². The Kier molecular flexibility index (Phi) is 5.88. The third kappa shape index (κ3) is 4.61. The molecule has 0 aliphatic carbocycles. The van der Waals surface area contributed by atoms with Crippen LogP contribution in [0.1, 0.15) is 19.8 Å². The summed E-state index contributed by atoms with van der Waals surface area (Å²) in [6.07, 6.45) is 1.59. The minimum absolute atomic E-state index is 0.402. The lowest BCUT2D eigenvalue weighted by molar-refractivity contribution is -0.139. The number of aliphatic carboxylic acids is 1. The molecular weight excluding hydrogens is 218 g/mol. The van der Waals surface area contributed by atoms with E-state index in [0.29, 0.717) is 12.5 Å². The molecule has 0 radical (unpaired) electrons. The van der Waals surface area contributed by atoms with E-state index in [1.54, 1.807) is 0 Å². The summed E-state index contributed by atoms with van der Waals surface area (Å²) in [6, 6.07) is 0.00749. The van der Waals surface area contributed by atoms with E-state index >= 15 is 0 Å². The molecule has 0 saturated carbocycles. The van der Waals surface area contributed by atoms with Crippen LogP contribution in [0.15, 0.2) is 0 Å². The highest BCUT2D eigenvalue weighted by atomic mass is 16.4. The zero-order valence-corrected chi connectivity index (χ0v) is 11.1. The van der Waals surface area contributed by atoms with E-state index in [1.165, 1.54) is 0 Å². The predicted molar refractivity (Wildman–Crippen MR) is 68.2 cm³/mol. The molecule has 2 N–H and O–H groups in total. The van der Waals surface area contributed by atoms with Crippen molar-refractivity contribution in [2.24, 2.45) is 0 Å². The number of nitrogens with zero attached hydrogens (tertiary/aromatic N) is 2. The van der Waals surface area contributed by atoms with E-state index in [-0.39, 0.29) is 0 Å². The minimum atomic E-state index is -0.737. The van der Waals surface area contributed by atoms with Crippen molar-refractivity contribution in [3.63, 3.8) is 0 Å². The Morgan fingerprint density at radius 1 is 1.47 bits per heavy atom. The number of carbonyl (C=O) groups is 1. The number of hydrogen-bond donors (Lipinski definition) is 2. The van der Waals surface area contributed by atoms with E-state index in [4.69, 9.17) is 5.11 Å². The summed E-state index contributed by atoms with van der Waals surface area (Å²) < 4.78 is 0. The third-order valence-electron chi connectivity index (χ3n) is 3.46. The van der Waals surface area contributed by atoms with Gasteiger partial charge in [-0.15, -0.1) is 0 Å². The molecule has 0 aromatic heterocycles. The van der Waals surface area contributed by atoms with Crippen LogP contribution in [0.2, 0.25) is 0 Å². The lowest BCUT2D eigenvalue weighted by Crippen LogP contribution is -2.55. The van der Waals surface area contributed by atoms with Crippen molar-refractivity contribution < 1.29 is 9.90 Å². The van der Waals surface area contributed by atoms with Crippen LogP contribution in [0, 0.1) is 0 Å². The Hall–Kier alpha value is -0.650. The molecule has 5 heteroatoms. The first-order valence-electron chi connectivity index (χ1n) is 6.39. The Morgan fingerprint density at radius 2 is 2.18 bits per heavy atom. The summed E-state index contributed by atoms with van der Waals surface area (Å²) in [7, 11) is 4.22. The molecular formula is C12H25N3O2. The normalized spacial score (nSPS) is 24.8. The fourth-order valence-corrected chi connectivity index (χ4v) is 2.20. The second-order valence-electron chi connectivity index (χ2n) is 4.98. The van der Waals surface area contributed by atoms with Crippen LogP contribution in [0.4, 0.5) is 0 Å². The SMILES string of the molecule is CCCC(NCC1CN(C)CCN1C)C(=O)O. The largest absolute Gasteiger partial charge is 0.480 e. The first-order chi connectivity index (χ1) is 8.04. The minimum Gasteiger partial charge on any atom is -0.480 e. The van der Waals surface area contributed by atoms with Crippen molar-refractivity contribution in [1.29, 1.82) is 0 Å². The molecule has 1 rings (SSSR count). The number of likely N-dealkylation sites (N-methyl/N-ethyl adjacent to an activating group) is 2. The molecule has 1 saturated heterocycles. The van der Waals surface area contributed by atoms with Gasteiger partial charge in [-0.25, -0.2) is 0 Å². The molecule has 2 atom stereocenters. The average molecular weight is 243 g/mol. The predicted octanol–water partition coefficient (Wildman–Crippen LogP) is 0.0751. The number of nitrogens with one attached hydrogen (secondary N) is 1. The molecule has 0 aromatic carbocycles. The maximum atomic E-state index is 11.0. The molecule has 5 nitrogen and oxygen atoms in total. The van der Waals surface area contributed by atoms with E-state index in [0.717, 1.165) is 32.6 Å². The van der Waals surface area contributed by atoms with Crippen LogP contribution in [0.25, 0.3) is 0 Å². The summed E-state index contributed by atoms with van der Waals surface area (Å²) in [5.41, 5.74) is 0.